The summed E-state index contributed by atoms with van der Waals surface area (Å²) in [6, 6.07) is 12.9. The fourth-order valence-electron chi connectivity index (χ4n) is 3.11. The molecule has 2 aromatic carbocycles. The lowest BCUT2D eigenvalue weighted by Crippen LogP contribution is -2.50. The van der Waals surface area contributed by atoms with Crippen LogP contribution in [-0.2, 0) is 17.9 Å². The largest absolute Gasteiger partial charge is 0.481 e. The Balaban J connectivity index is 1.89. The highest BCUT2D eigenvalue weighted by Gasteiger charge is 2.12. The molecule has 0 saturated carbocycles. The van der Waals surface area contributed by atoms with E-state index in [2.05, 4.69) is 15.0 Å². The van der Waals surface area contributed by atoms with E-state index in [0.717, 1.165) is 20.4 Å². The summed E-state index contributed by atoms with van der Waals surface area (Å²) in [7, 11) is 0. The van der Waals surface area contributed by atoms with E-state index in [1.165, 1.54) is 15.9 Å². The van der Waals surface area contributed by atoms with E-state index < -0.39 is 17.3 Å². The number of carbonyl (C=O) groups is 1. The molecule has 164 valence electrons. The van der Waals surface area contributed by atoms with E-state index in [1.54, 1.807) is 12.1 Å². The Morgan fingerprint density at radius 1 is 1.19 bits per heavy atom. The lowest BCUT2D eigenvalue weighted by atomic mass is 10.1. The van der Waals surface area contributed by atoms with Crippen LogP contribution in [0.25, 0.3) is 10.2 Å². The highest BCUT2D eigenvalue weighted by atomic mass is 35.5. The van der Waals surface area contributed by atoms with Crippen LogP contribution in [0.15, 0.2) is 57.0 Å². The van der Waals surface area contributed by atoms with Crippen molar-refractivity contribution in [3.05, 3.63) is 85.2 Å². The number of aromatic amines is 1. The lowest BCUT2D eigenvalue weighted by molar-refractivity contribution is -0.137. The van der Waals surface area contributed by atoms with E-state index in [0.29, 0.717) is 15.7 Å². The summed E-state index contributed by atoms with van der Waals surface area (Å²) in [5.41, 5.74) is 1.08. The van der Waals surface area contributed by atoms with Gasteiger partial charge in [0.25, 0.3) is 0 Å². The third kappa shape index (κ3) is 4.56. The van der Waals surface area contributed by atoms with Crippen molar-refractivity contribution in [3.63, 3.8) is 0 Å². The number of thiazole rings is 1. The molecule has 2 N–H and O–H groups in total. The second-order valence-electron chi connectivity index (χ2n) is 7.10. The number of para-hydroxylation sites is 1. The summed E-state index contributed by atoms with van der Waals surface area (Å²) >= 11 is 7.46. The molecule has 9 nitrogen and oxygen atoms in total. The van der Waals surface area contributed by atoms with Crippen LogP contribution in [0.3, 0.4) is 0 Å². The molecular weight excluding hydrogens is 454 g/mol. The SMILES string of the molecule is Cc1ccc(Cn2c(=O)n(CCC(=O)O)c(=O)[nH]/c2=N\c2nc3c(Cl)cccc3s2)cc1. The minimum atomic E-state index is -1.11. The molecular formula is C21H18ClN5O4S. The highest BCUT2D eigenvalue weighted by molar-refractivity contribution is 7.22. The summed E-state index contributed by atoms with van der Waals surface area (Å²) in [6.07, 6.45) is -0.361. The van der Waals surface area contributed by atoms with Crippen LogP contribution in [0.4, 0.5) is 5.13 Å². The van der Waals surface area contributed by atoms with Gasteiger partial charge in [-0.15, -0.1) is 0 Å². The first-order valence-electron chi connectivity index (χ1n) is 9.63. The van der Waals surface area contributed by atoms with Crippen LogP contribution in [0.2, 0.25) is 5.02 Å². The molecule has 2 heterocycles. The summed E-state index contributed by atoms with van der Waals surface area (Å²) in [4.78, 5) is 48.0. The molecule has 0 aliphatic carbocycles. The Labute approximate surface area is 189 Å². The van der Waals surface area contributed by atoms with Gasteiger partial charge < -0.3 is 5.11 Å². The van der Waals surface area contributed by atoms with Crippen LogP contribution < -0.4 is 17.0 Å². The molecule has 0 aliphatic rings. The summed E-state index contributed by atoms with van der Waals surface area (Å²) in [6.45, 7) is 1.83. The molecule has 0 unspecified atom stereocenters. The minimum Gasteiger partial charge on any atom is -0.481 e. The normalized spacial score (nSPS) is 11.9. The predicted octanol–water partition coefficient (Wildman–Crippen LogP) is 2.67. The van der Waals surface area contributed by atoms with Crippen LogP contribution >= 0.6 is 22.9 Å². The summed E-state index contributed by atoms with van der Waals surface area (Å²) in [5.74, 6) is -1.11. The molecule has 0 amide bonds. The average Bonchev–Trinajstić information content (AvgIpc) is 3.16. The molecule has 0 atom stereocenters. The summed E-state index contributed by atoms with van der Waals surface area (Å²) < 4.78 is 2.97. The number of rotatable bonds is 6. The maximum atomic E-state index is 13.1. The number of nitrogens with one attached hydrogen (secondary N) is 1. The molecule has 32 heavy (non-hydrogen) atoms. The summed E-state index contributed by atoms with van der Waals surface area (Å²) in [5, 5.41) is 9.76. The fraction of sp³-hybridized carbons (Fsp3) is 0.190. The van der Waals surface area contributed by atoms with Crippen molar-refractivity contribution in [1.29, 1.82) is 0 Å². The maximum Gasteiger partial charge on any atom is 0.335 e. The Hall–Kier alpha value is -3.50. The molecule has 0 fully saturated rings. The quantitative estimate of drug-likeness (QED) is 0.447. The second-order valence-corrected chi connectivity index (χ2v) is 8.51. The van der Waals surface area contributed by atoms with Crippen LogP contribution in [0, 0.1) is 6.92 Å². The average molecular weight is 472 g/mol. The number of carboxylic acids is 1. The number of aryl methyl sites for hydroxylation is 1. The molecule has 0 radical (unpaired) electrons. The van der Waals surface area contributed by atoms with Gasteiger partial charge in [0, 0.05) is 6.54 Å². The van der Waals surface area contributed by atoms with Gasteiger partial charge in [-0.2, -0.15) is 4.99 Å². The van der Waals surface area contributed by atoms with Crippen LogP contribution in [0.1, 0.15) is 17.5 Å². The molecule has 0 saturated heterocycles. The van der Waals surface area contributed by atoms with Crippen molar-refractivity contribution in [2.24, 2.45) is 4.99 Å². The molecule has 0 aliphatic heterocycles. The predicted molar refractivity (Wildman–Crippen MR) is 122 cm³/mol. The Morgan fingerprint density at radius 3 is 2.62 bits per heavy atom. The number of carboxylic acid groups (broad SMARTS) is 1. The van der Waals surface area contributed by atoms with Gasteiger partial charge in [0.1, 0.15) is 5.52 Å². The van der Waals surface area contributed by atoms with Crippen molar-refractivity contribution in [2.75, 3.05) is 0 Å². The second kappa shape index (κ2) is 8.93. The van der Waals surface area contributed by atoms with Crippen molar-refractivity contribution >= 4 is 44.3 Å². The van der Waals surface area contributed by atoms with Gasteiger partial charge in [0.05, 0.1) is 22.7 Å². The minimum absolute atomic E-state index is 0.0160. The lowest BCUT2D eigenvalue weighted by Gasteiger charge is -2.10. The van der Waals surface area contributed by atoms with E-state index in [9.17, 15) is 14.4 Å². The highest BCUT2D eigenvalue weighted by Crippen LogP contribution is 2.31. The van der Waals surface area contributed by atoms with Crippen LogP contribution in [-0.4, -0.2) is 30.2 Å². The Morgan fingerprint density at radius 2 is 1.94 bits per heavy atom. The molecule has 11 heteroatoms. The van der Waals surface area contributed by atoms with Gasteiger partial charge in [0.2, 0.25) is 10.7 Å². The zero-order valence-corrected chi connectivity index (χ0v) is 18.5. The van der Waals surface area contributed by atoms with Gasteiger partial charge >= 0.3 is 17.3 Å². The number of H-pyrrole nitrogens is 1. The first-order valence-corrected chi connectivity index (χ1v) is 10.8. The number of hydrogen-bond acceptors (Lipinski definition) is 6. The van der Waals surface area contributed by atoms with Crippen molar-refractivity contribution in [1.82, 2.24) is 19.1 Å². The van der Waals surface area contributed by atoms with Crippen molar-refractivity contribution in [2.45, 2.75) is 26.4 Å². The third-order valence-electron chi connectivity index (χ3n) is 4.75. The number of benzene rings is 2. The van der Waals surface area contributed by atoms with E-state index in [4.69, 9.17) is 16.7 Å². The van der Waals surface area contributed by atoms with Crippen molar-refractivity contribution < 1.29 is 9.90 Å². The topological polar surface area (TPSA) is 122 Å². The fourth-order valence-corrected chi connectivity index (χ4v) is 4.24. The smallest absolute Gasteiger partial charge is 0.335 e. The maximum absolute atomic E-state index is 13.1. The zero-order chi connectivity index (χ0) is 22.8. The number of halogens is 1. The monoisotopic (exact) mass is 471 g/mol. The molecule has 0 spiro atoms. The standard InChI is InChI=1S/C21H18ClN5O4S/c1-12-5-7-13(8-6-12)11-27-18(25-20(30)26(21(27)31)10-9-16(28)29)24-19-23-17-14(22)3-2-4-15(17)32-19/h2-8H,9-11H2,1H3,(H,28,29)(H,23,24,25,30). The number of nitrogens with zero attached hydrogens (tertiary/aromatic N) is 4. The van der Waals surface area contributed by atoms with Gasteiger partial charge in [-0.25, -0.2) is 19.1 Å². The number of aromatic nitrogens is 4. The van der Waals surface area contributed by atoms with Gasteiger partial charge in [-0.3, -0.25) is 14.3 Å². The molecule has 0 bridgehead atoms. The number of aliphatic carboxylic acids is 1. The first-order chi connectivity index (χ1) is 15.3. The number of hydrogen-bond donors (Lipinski definition) is 2. The Kier molecular flexibility index (Phi) is 6.06. The molecule has 2 aromatic heterocycles. The van der Waals surface area contributed by atoms with E-state index in [-0.39, 0.29) is 25.1 Å². The van der Waals surface area contributed by atoms with E-state index >= 15 is 0 Å². The molecule has 4 rings (SSSR count). The Bertz CT molecular complexity index is 1500. The van der Waals surface area contributed by atoms with Gasteiger partial charge in [-0.1, -0.05) is 58.8 Å². The number of fused-ring (bicyclic) bond motifs is 1. The zero-order valence-electron chi connectivity index (χ0n) is 16.9. The van der Waals surface area contributed by atoms with Gasteiger partial charge in [0.15, 0.2) is 0 Å². The molecule has 4 aromatic rings. The van der Waals surface area contributed by atoms with Crippen molar-refractivity contribution in [3.8, 4) is 0 Å². The first kappa shape index (κ1) is 21.7. The van der Waals surface area contributed by atoms with E-state index in [1.807, 2.05) is 37.3 Å². The third-order valence-corrected chi connectivity index (χ3v) is 5.97. The van der Waals surface area contributed by atoms with Crippen LogP contribution in [0.5, 0.6) is 0 Å². The van der Waals surface area contributed by atoms with Gasteiger partial charge in [-0.05, 0) is 24.6 Å².